The number of ether oxygens (including phenoxy) is 1. The molecule has 0 aliphatic rings. The first-order valence-corrected chi connectivity index (χ1v) is 10.7. The van der Waals surface area contributed by atoms with Gasteiger partial charge in [0, 0.05) is 11.6 Å². The maximum Gasteiger partial charge on any atom is 0.261 e. The first kappa shape index (κ1) is 20.1. The normalized spacial score (nSPS) is 10.9. The van der Waals surface area contributed by atoms with Crippen molar-refractivity contribution in [3.8, 4) is 23.3 Å². The lowest BCUT2D eigenvalue weighted by molar-refractivity contribution is 0.264. The zero-order valence-electron chi connectivity index (χ0n) is 16.1. The van der Waals surface area contributed by atoms with E-state index in [4.69, 9.17) is 14.4 Å². The van der Waals surface area contributed by atoms with Crippen molar-refractivity contribution in [3.05, 3.63) is 90.3 Å². The molecule has 0 spiro atoms. The van der Waals surface area contributed by atoms with Crippen LogP contribution in [0.4, 0.5) is 5.69 Å². The van der Waals surface area contributed by atoms with Gasteiger partial charge in [0.25, 0.3) is 15.9 Å². The van der Waals surface area contributed by atoms with Crippen LogP contribution < -0.4 is 9.46 Å². The molecule has 0 saturated heterocycles. The SMILES string of the molecule is N#Cc1ccc(S(=O)(=O)Nc2cccc(OCc3nnc(-c4ccccc4)o3)c2)cc1. The van der Waals surface area contributed by atoms with Crippen LogP contribution in [0.1, 0.15) is 11.5 Å². The van der Waals surface area contributed by atoms with E-state index in [1.807, 2.05) is 36.4 Å². The van der Waals surface area contributed by atoms with Gasteiger partial charge in [-0.1, -0.05) is 24.3 Å². The summed E-state index contributed by atoms with van der Waals surface area (Å²) < 4.78 is 38.9. The molecule has 1 N–H and O–H groups in total. The van der Waals surface area contributed by atoms with Gasteiger partial charge in [-0.15, -0.1) is 10.2 Å². The summed E-state index contributed by atoms with van der Waals surface area (Å²) in [5.74, 6) is 1.12. The van der Waals surface area contributed by atoms with Crippen LogP contribution in [0.2, 0.25) is 0 Å². The molecule has 1 heterocycles. The zero-order valence-corrected chi connectivity index (χ0v) is 16.9. The van der Waals surface area contributed by atoms with Gasteiger partial charge in [-0.05, 0) is 48.5 Å². The Morgan fingerprint density at radius 2 is 1.74 bits per heavy atom. The molecule has 0 aliphatic heterocycles. The summed E-state index contributed by atoms with van der Waals surface area (Å²) in [4.78, 5) is 0.0529. The Bertz CT molecular complexity index is 1330. The Kier molecular flexibility index (Phi) is 5.64. The highest BCUT2D eigenvalue weighted by Crippen LogP contribution is 2.23. The van der Waals surface area contributed by atoms with Crippen molar-refractivity contribution in [2.24, 2.45) is 0 Å². The van der Waals surface area contributed by atoms with Crippen LogP contribution in [0.15, 0.2) is 88.2 Å². The molecular formula is C22H16N4O4S. The fraction of sp³-hybridized carbons (Fsp3) is 0.0455. The van der Waals surface area contributed by atoms with Gasteiger partial charge in [-0.25, -0.2) is 8.42 Å². The summed E-state index contributed by atoms with van der Waals surface area (Å²) >= 11 is 0. The minimum atomic E-state index is -3.81. The maximum atomic E-state index is 12.6. The summed E-state index contributed by atoms with van der Waals surface area (Å²) in [6.07, 6.45) is 0. The van der Waals surface area contributed by atoms with Crippen LogP contribution >= 0.6 is 0 Å². The average molecular weight is 432 g/mol. The van der Waals surface area contributed by atoms with E-state index in [-0.39, 0.29) is 11.5 Å². The molecule has 8 nitrogen and oxygen atoms in total. The number of rotatable bonds is 7. The van der Waals surface area contributed by atoms with Crippen molar-refractivity contribution >= 4 is 15.7 Å². The molecule has 0 aliphatic carbocycles. The van der Waals surface area contributed by atoms with E-state index in [9.17, 15) is 8.42 Å². The quantitative estimate of drug-likeness (QED) is 0.469. The standard InChI is InChI=1S/C22H16N4O4S/c23-14-16-9-11-20(12-10-16)31(27,28)26-18-7-4-8-19(13-18)29-15-21-24-25-22(30-21)17-5-2-1-3-6-17/h1-13,26H,15H2. The second-order valence-corrected chi connectivity index (χ2v) is 8.11. The summed E-state index contributed by atoms with van der Waals surface area (Å²) in [7, 11) is -3.81. The monoisotopic (exact) mass is 432 g/mol. The van der Waals surface area contributed by atoms with E-state index < -0.39 is 10.0 Å². The molecule has 0 fully saturated rings. The molecule has 0 amide bonds. The fourth-order valence-corrected chi connectivity index (χ4v) is 3.78. The van der Waals surface area contributed by atoms with Crippen molar-refractivity contribution in [1.29, 1.82) is 5.26 Å². The van der Waals surface area contributed by atoms with Crippen molar-refractivity contribution in [1.82, 2.24) is 10.2 Å². The number of sulfonamides is 1. The third-order valence-corrected chi connectivity index (χ3v) is 5.63. The number of nitrogens with zero attached hydrogens (tertiary/aromatic N) is 3. The van der Waals surface area contributed by atoms with Crippen molar-refractivity contribution < 1.29 is 17.6 Å². The van der Waals surface area contributed by atoms with Gasteiger partial charge in [0.1, 0.15) is 5.75 Å². The van der Waals surface area contributed by atoms with Gasteiger partial charge in [-0.2, -0.15) is 5.26 Å². The van der Waals surface area contributed by atoms with Crippen LogP contribution in [0.5, 0.6) is 5.75 Å². The summed E-state index contributed by atoms with van der Waals surface area (Å²) in [6, 6.07) is 23.5. The van der Waals surface area contributed by atoms with Gasteiger partial charge < -0.3 is 9.15 Å². The molecular weight excluding hydrogens is 416 g/mol. The Morgan fingerprint density at radius 1 is 0.968 bits per heavy atom. The molecule has 0 bridgehead atoms. The van der Waals surface area contributed by atoms with Crippen molar-refractivity contribution in [2.45, 2.75) is 11.5 Å². The van der Waals surface area contributed by atoms with E-state index in [2.05, 4.69) is 14.9 Å². The number of nitriles is 1. The number of aromatic nitrogens is 2. The predicted molar refractivity (Wildman–Crippen MR) is 112 cm³/mol. The largest absolute Gasteiger partial charge is 0.484 e. The molecule has 1 aromatic heterocycles. The number of hydrogen-bond donors (Lipinski definition) is 1. The van der Waals surface area contributed by atoms with Gasteiger partial charge in [0.05, 0.1) is 22.2 Å². The van der Waals surface area contributed by atoms with Gasteiger partial charge in [0.2, 0.25) is 5.89 Å². The van der Waals surface area contributed by atoms with Crippen molar-refractivity contribution in [3.63, 3.8) is 0 Å². The number of nitrogens with one attached hydrogen (secondary N) is 1. The van der Waals surface area contributed by atoms with E-state index in [1.165, 1.54) is 24.3 Å². The third-order valence-electron chi connectivity index (χ3n) is 4.23. The Morgan fingerprint density at radius 3 is 2.48 bits per heavy atom. The number of hydrogen-bond acceptors (Lipinski definition) is 7. The molecule has 3 aromatic carbocycles. The lowest BCUT2D eigenvalue weighted by atomic mass is 10.2. The van der Waals surface area contributed by atoms with E-state index in [0.717, 1.165) is 5.56 Å². The zero-order chi connectivity index (χ0) is 21.7. The Balaban J connectivity index is 1.43. The maximum absolute atomic E-state index is 12.6. The van der Waals surface area contributed by atoms with E-state index in [1.54, 1.807) is 24.3 Å². The fourth-order valence-electron chi connectivity index (χ4n) is 2.73. The van der Waals surface area contributed by atoms with E-state index >= 15 is 0 Å². The lowest BCUT2D eigenvalue weighted by Gasteiger charge is -2.10. The van der Waals surface area contributed by atoms with Gasteiger partial charge in [-0.3, -0.25) is 4.72 Å². The third kappa shape index (κ3) is 4.88. The lowest BCUT2D eigenvalue weighted by Crippen LogP contribution is -2.13. The van der Waals surface area contributed by atoms with Gasteiger partial charge in [0.15, 0.2) is 6.61 Å². The molecule has 0 radical (unpaired) electrons. The van der Waals surface area contributed by atoms with Crippen LogP contribution in [0, 0.1) is 11.3 Å². The second-order valence-electron chi connectivity index (χ2n) is 6.43. The molecule has 4 rings (SSSR count). The Labute approximate surface area is 178 Å². The van der Waals surface area contributed by atoms with Crippen LogP contribution in [-0.4, -0.2) is 18.6 Å². The average Bonchev–Trinajstić information content (AvgIpc) is 3.27. The van der Waals surface area contributed by atoms with Gasteiger partial charge >= 0.3 is 0 Å². The first-order valence-electron chi connectivity index (χ1n) is 9.17. The Hall–Kier alpha value is -4.16. The summed E-state index contributed by atoms with van der Waals surface area (Å²) in [5, 5.41) is 16.8. The first-order chi connectivity index (χ1) is 15.0. The smallest absolute Gasteiger partial charge is 0.261 e. The highest BCUT2D eigenvalue weighted by atomic mass is 32.2. The summed E-state index contributed by atoms with van der Waals surface area (Å²) in [5.41, 5.74) is 1.52. The molecule has 0 atom stereocenters. The molecule has 31 heavy (non-hydrogen) atoms. The molecule has 0 unspecified atom stereocenters. The van der Waals surface area contributed by atoms with Crippen LogP contribution in [0.25, 0.3) is 11.5 Å². The highest BCUT2D eigenvalue weighted by molar-refractivity contribution is 7.92. The van der Waals surface area contributed by atoms with Crippen molar-refractivity contribution in [2.75, 3.05) is 4.72 Å². The minimum Gasteiger partial charge on any atom is -0.484 e. The molecule has 154 valence electrons. The van der Waals surface area contributed by atoms with Crippen LogP contribution in [0.3, 0.4) is 0 Å². The minimum absolute atomic E-state index is 0.0334. The summed E-state index contributed by atoms with van der Waals surface area (Å²) in [6.45, 7) is 0.0334. The molecule has 0 saturated carbocycles. The van der Waals surface area contributed by atoms with E-state index in [0.29, 0.717) is 28.8 Å². The second kappa shape index (κ2) is 8.69. The predicted octanol–water partition coefficient (Wildman–Crippen LogP) is 3.99. The van der Waals surface area contributed by atoms with Crippen LogP contribution in [-0.2, 0) is 16.6 Å². The molecule has 9 heteroatoms. The highest BCUT2D eigenvalue weighted by Gasteiger charge is 2.15. The topological polar surface area (TPSA) is 118 Å². The number of benzene rings is 3. The number of anilines is 1. The molecule has 4 aromatic rings.